The van der Waals surface area contributed by atoms with Crippen molar-refractivity contribution in [3.05, 3.63) is 71.1 Å². The Morgan fingerprint density at radius 3 is 2.74 bits per heavy atom. The smallest absolute Gasteiger partial charge is 0.290 e. The normalized spacial score (nSPS) is 19.9. The number of hydrogen-bond acceptors (Lipinski definition) is 6. The summed E-state index contributed by atoms with van der Waals surface area (Å²) in [6.07, 6.45) is 3.89. The van der Waals surface area contributed by atoms with Crippen LogP contribution in [0.4, 0.5) is 10.6 Å². The minimum atomic E-state index is -0.348. The molecule has 0 spiro atoms. The number of nitrogens with zero attached hydrogens (tertiary/aromatic N) is 2. The van der Waals surface area contributed by atoms with Gasteiger partial charge in [-0.1, -0.05) is 30.3 Å². The maximum atomic E-state index is 11.7. The summed E-state index contributed by atoms with van der Waals surface area (Å²) in [6.45, 7) is 1.56. The Bertz CT molecular complexity index is 1180. The zero-order valence-electron chi connectivity index (χ0n) is 16.8. The lowest BCUT2D eigenvalue weighted by Crippen LogP contribution is -2.34. The Morgan fingerprint density at radius 1 is 1.10 bits per heavy atom. The van der Waals surface area contributed by atoms with E-state index >= 15 is 0 Å². The largest absolute Gasteiger partial charge is 0.491 e. The van der Waals surface area contributed by atoms with Gasteiger partial charge in [0, 0.05) is 11.9 Å². The van der Waals surface area contributed by atoms with Crippen molar-refractivity contribution in [2.75, 3.05) is 18.1 Å². The van der Waals surface area contributed by atoms with Gasteiger partial charge in [-0.2, -0.15) is 0 Å². The predicted molar refractivity (Wildman–Crippen MR) is 123 cm³/mol. The number of thioether (sulfide) groups is 1. The van der Waals surface area contributed by atoms with Gasteiger partial charge in [0.2, 0.25) is 0 Å². The van der Waals surface area contributed by atoms with Gasteiger partial charge < -0.3 is 9.64 Å². The summed E-state index contributed by atoms with van der Waals surface area (Å²) < 4.78 is 6.06. The lowest BCUT2D eigenvalue weighted by Gasteiger charge is -2.26. The topological polar surface area (TPSA) is 71.5 Å². The van der Waals surface area contributed by atoms with Crippen molar-refractivity contribution in [2.45, 2.75) is 18.9 Å². The number of benzene rings is 2. The second-order valence-electron chi connectivity index (χ2n) is 7.58. The molecule has 6 nitrogen and oxygen atoms in total. The lowest BCUT2D eigenvalue weighted by molar-refractivity contribution is -0.115. The fourth-order valence-electron chi connectivity index (χ4n) is 3.95. The van der Waals surface area contributed by atoms with Crippen LogP contribution in [0.25, 0.3) is 17.0 Å². The SMILES string of the molecule is O=C1NC(=O)C(=Cc2ccc(OC[C@H]3CCCN3c3ccc4ccccc4n3)cc2)S1. The molecule has 0 saturated carbocycles. The molecule has 2 aliphatic heterocycles. The van der Waals surface area contributed by atoms with Crippen LogP contribution in [0, 0.1) is 0 Å². The van der Waals surface area contributed by atoms with Gasteiger partial charge in [0.05, 0.1) is 16.5 Å². The molecular formula is C24H21N3O3S. The molecule has 2 fully saturated rings. The number of pyridine rings is 1. The Labute approximate surface area is 184 Å². The van der Waals surface area contributed by atoms with E-state index in [0.717, 1.165) is 59.2 Å². The Morgan fingerprint density at radius 2 is 1.94 bits per heavy atom. The van der Waals surface area contributed by atoms with Crippen LogP contribution in [0.3, 0.4) is 0 Å². The van der Waals surface area contributed by atoms with E-state index in [-0.39, 0.29) is 17.2 Å². The molecule has 0 aliphatic carbocycles. The number of imide groups is 1. The van der Waals surface area contributed by atoms with E-state index in [2.05, 4.69) is 28.4 Å². The summed E-state index contributed by atoms with van der Waals surface area (Å²) in [6, 6.07) is 20.2. The molecule has 3 aromatic rings. The number of aromatic nitrogens is 1. The molecule has 0 bridgehead atoms. The molecular weight excluding hydrogens is 410 g/mol. The van der Waals surface area contributed by atoms with Crippen LogP contribution < -0.4 is 15.0 Å². The first-order chi connectivity index (χ1) is 15.2. The van der Waals surface area contributed by atoms with Crippen molar-refractivity contribution in [3.8, 4) is 5.75 Å². The first-order valence-electron chi connectivity index (χ1n) is 10.3. The third-order valence-corrected chi connectivity index (χ3v) is 6.33. The maximum Gasteiger partial charge on any atom is 0.290 e. The van der Waals surface area contributed by atoms with E-state index in [9.17, 15) is 9.59 Å². The second-order valence-corrected chi connectivity index (χ2v) is 8.60. The standard InChI is InChI=1S/C24H21N3O3S/c28-23-21(31-24(29)26-23)14-16-7-10-19(11-8-16)30-15-18-5-3-13-27(18)22-12-9-17-4-1-2-6-20(17)25-22/h1-2,4,6-12,14,18H,3,5,13,15H2,(H,26,28,29)/t18-/m1/s1. The van der Waals surface area contributed by atoms with Crippen LogP contribution in [-0.4, -0.2) is 35.3 Å². The predicted octanol–water partition coefficient (Wildman–Crippen LogP) is 4.61. The molecule has 2 amide bonds. The van der Waals surface area contributed by atoms with Crippen LogP contribution in [0.1, 0.15) is 18.4 Å². The van der Waals surface area contributed by atoms with Crippen LogP contribution in [0.15, 0.2) is 65.6 Å². The van der Waals surface area contributed by atoms with E-state index in [1.165, 1.54) is 0 Å². The highest BCUT2D eigenvalue weighted by molar-refractivity contribution is 8.18. The summed E-state index contributed by atoms with van der Waals surface area (Å²) in [7, 11) is 0. The Kier molecular flexibility index (Phi) is 5.34. The summed E-state index contributed by atoms with van der Waals surface area (Å²) >= 11 is 0.917. The highest BCUT2D eigenvalue weighted by Crippen LogP contribution is 2.28. The van der Waals surface area contributed by atoms with Gasteiger partial charge in [-0.25, -0.2) is 4.98 Å². The number of carbonyl (C=O) groups excluding carboxylic acids is 2. The molecule has 1 N–H and O–H groups in total. The van der Waals surface area contributed by atoms with Crippen molar-refractivity contribution < 1.29 is 14.3 Å². The molecule has 2 saturated heterocycles. The molecule has 1 atom stereocenters. The fraction of sp³-hybridized carbons (Fsp3) is 0.208. The number of fused-ring (bicyclic) bond motifs is 1. The van der Waals surface area contributed by atoms with Crippen LogP contribution in [0.5, 0.6) is 5.75 Å². The number of rotatable bonds is 5. The number of ether oxygens (including phenoxy) is 1. The number of para-hydroxylation sites is 1. The zero-order valence-corrected chi connectivity index (χ0v) is 17.6. The minimum Gasteiger partial charge on any atom is -0.491 e. The van der Waals surface area contributed by atoms with Crippen molar-refractivity contribution in [2.24, 2.45) is 0 Å². The molecule has 156 valence electrons. The molecule has 2 aliphatic rings. The fourth-order valence-corrected chi connectivity index (χ4v) is 4.63. The maximum absolute atomic E-state index is 11.7. The molecule has 2 aromatic carbocycles. The molecule has 0 radical (unpaired) electrons. The van der Waals surface area contributed by atoms with E-state index in [1.54, 1.807) is 6.08 Å². The van der Waals surface area contributed by atoms with Gasteiger partial charge in [0.15, 0.2) is 0 Å². The summed E-state index contributed by atoms with van der Waals surface area (Å²) in [5.41, 5.74) is 1.86. The average Bonchev–Trinajstić information content (AvgIpc) is 3.38. The number of carbonyl (C=O) groups is 2. The number of amides is 2. The van der Waals surface area contributed by atoms with Crippen molar-refractivity contribution in [1.82, 2.24) is 10.3 Å². The first kappa shape index (κ1) is 19.6. The monoisotopic (exact) mass is 431 g/mol. The Hall–Kier alpha value is -3.32. The van der Waals surface area contributed by atoms with Gasteiger partial charge in [-0.3, -0.25) is 14.9 Å². The quantitative estimate of drug-likeness (QED) is 0.595. The second kappa shape index (κ2) is 8.43. The molecule has 5 rings (SSSR count). The summed E-state index contributed by atoms with van der Waals surface area (Å²) in [4.78, 5) is 30.5. The van der Waals surface area contributed by atoms with Crippen LogP contribution in [-0.2, 0) is 4.79 Å². The van der Waals surface area contributed by atoms with Gasteiger partial charge in [-0.15, -0.1) is 0 Å². The van der Waals surface area contributed by atoms with E-state index < -0.39 is 0 Å². The summed E-state index contributed by atoms with van der Waals surface area (Å²) in [5, 5.41) is 3.07. The number of hydrogen-bond donors (Lipinski definition) is 1. The average molecular weight is 432 g/mol. The highest BCUT2D eigenvalue weighted by atomic mass is 32.2. The highest BCUT2D eigenvalue weighted by Gasteiger charge is 2.27. The van der Waals surface area contributed by atoms with E-state index in [1.807, 2.05) is 42.5 Å². The number of nitrogens with one attached hydrogen (secondary N) is 1. The van der Waals surface area contributed by atoms with Crippen LogP contribution >= 0.6 is 11.8 Å². The van der Waals surface area contributed by atoms with Crippen molar-refractivity contribution in [3.63, 3.8) is 0 Å². The molecule has 0 unspecified atom stereocenters. The van der Waals surface area contributed by atoms with Gasteiger partial charge in [0.1, 0.15) is 18.2 Å². The zero-order chi connectivity index (χ0) is 21.2. The molecule has 1 aromatic heterocycles. The third kappa shape index (κ3) is 4.27. The van der Waals surface area contributed by atoms with E-state index in [4.69, 9.17) is 9.72 Å². The minimum absolute atomic E-state index is 0.278. The van der Waals surface area contributed by atoms with Gasteiger partial charge >= 0.3 is 0 Å². The molecule has 7 heteroatoms. The van der Waals surface area contributed by atoms with Crippen molar-refractivity contribution >= 4 is 45.7 Å². The van der Waals surface area contributed by atoms with Crippen LogP contribution in [0.2, 0.25) is 0 Å². The van der Waals surface area contributed by atoms with Gasteiger partial charge in [-0.05, 0) is 66.6 Å². The van der Waals surface area contributed by atoms with Gasteiger partial charge in [0.25, 0.3) is 11.1 Å². The number of anilines is 1. The summed E-state index contributed by atoms with van der Waals surface area (Å²) in [5.74, 6) is 1.42. The first-order valence-corrected chi connectivity index (χ1v) is 11.1. The lowest BCUT2D eigenvalue weighted by atomic mass is 10.2. The molecule has 3 heterocycles. The Balaban J connectivity index is 1.24. The van der Waals surface area contributed by atoms with E-state index in [0.29, 0.717) is 11.5 Å². The van der Waals surface area contributed by atoms with Crippen molar-refractivity contribution in [1.29, 1.82) is 0 Å². The molecule has 31 heavy (non-hydrogen) atoms. The third-order valence-electron chi connectivity index (χ3n) is 5.52.